The predicted octanol–water partition coefficient (Wildman–Crippen LogP) is 4.17. The van der Waals surface area contributed by atoms with Crippen LogP contribution in [-0.4, -0.2) is 25.1 Å². The van der Waals surface area contributed by atoms with E-state index >= 15 is 0 Å². The molecule has 0 saturated heterocycles. The normalized spacial score (nSPS) is 12.3. The largest absolute Gasteiger partial charge is 0.452 e. The Balaban J connectivity index is 2.09. The van der Waals surface area contributed by atoms with Crippen molar-refractivity contribution in [3.8, 4) is 5.75 Å². The van der Waals surface area contributed by atoms with E-state index in [1.165, 1.54) is 24.3 Å². The van der Waals surface area contributed by atoms with E-state index in [1.54, 1.807) is 31.2 Å². The van der Waals surface area contributed by atoms with Crippen LogP contribution in [-0.2, 0) is 14.3 Å². The second kappa shape index (κ2) is 11.4. The summed E-state index contributed by atoms with van der Waals surface area (Å²) in [4.78, 5) is 23.9. The molecule has 0 saturated carbocycles. The summed E-state index contributed by atoms with van der Waals surface area (Å²) >= 11 is 0. The lowest BCUT2D eigenvalue weighted by Crippen LogP contribution is -2.33. The van der Waals surface area contributed by atoms with E-state index in [4.69, 9.17) is 4.74 Å². The first-order valence-electron chi connectivity index (χ1n) is 8.84. The molecule has 1 atom stereocenters. The highest BCUT2D eigenvalue weighted by Gasteiger charge is 2.18. The highest BCUT2D eigenvalue weighted by atomic mass is 19.3. The van der Waals surface area contributed by atoms with Gasteiger partial charge in [-0.05, 0) is 30.2 Å². The summed E-state index contributed by atoms with van der Waals surface area (Å²) in [5.74, 6) is -1.12. The Morgan fingerprint density at radius 2 is 1.66 bits per heavy atom. The first-order valence-corrected chi connectivity index (χ1v) is 8.84. The summed E-state index contributed by atoms with van der Waals surface area (Å²) in [6.45, 7) is -1.56. The van der Waals surface area contributed by atoms with E-state index in [1.807, 2.05) is 30.3 Å². The van der Waals surface area contributed by atoms with Crippen molar-refractivity contribution in [3.05, 3.63) is 90.0 Å². The minimum atomic E-state index is -2.91. The molecular weight excluding hydrogens is 380 g/mol. The number of halogens is 2. The van der Waals surface area contributed by atoms with E-state index in [-0.39, 0.29) is 5.75 Å². The fourth-order valence-electron chi connectivity index (χ4n) is 2.48. The Morgan fingerprint density at radius 1 is 1.00 bits per heavy atom. The maximum atomic E-state index is 12.3. The molecule has 0 aliphatic heterocycles. The maximum Gasteiger partial charge on any atom is 0.387 e. The molecule has 2 rings (SSSR count). The van der Waals surface area contributed by atoms with Crippen LogP contribution < -0.4 is 10.1 Å². The Hall–Kier alpha value is -3.48. The highest BCUT2D eigenvalue weighted by Crippen LogP contribution is 2.24. The van der Waals surface area contributed by atoms with Gasteiger partial charge in [0.05, 0.1) is 6.04 Å². The molecule has 0 bridgehead atoms. The van der Waals surface area contributed by atoms with Gasteiger partial charge in [0.15, 0.2) is 6.61 Å². The summed E-state index contributed by atoms with van der Waals surface area (Å²) in [6, 6.07) is 14.5. The molecule has 0 aliphatic carbocycles. The van der Waals surface area contributed by atoms with Gasteiger partial charge in [-0.25, -0.2) is 4.79 Å². The van der Waals surface area contributed by atoms with Gasteiger partial charge in [-0.2, -0.15) is 8.78 Å². The number of allylic oxidation sites excluding steroid dienone is 3. The van der Waals surface area contributed by atoms with Crippen LogP contribution in [0.2, 0.25) is 0 Å². The fraction of sp³-hybridized carbons (Fsp3) is 0.182. The molecule has 2 aromatic carbocycles. The molecule has 0 heterocycles. The predicted molar refractivity (Wildman–Crippen MR) is 104 cm³/mol. The lowest BCUT2D eigenvalue weighted by atomic mass is 9.98. The molecule has 0 spiro atoms. The number of hydrogen-bond acceptors (Lipinski definition) is 4. The lowest BCUT2D eigenvalue weighted by Gasteiger charge is -2.20. The first-order chi connectivity index (χ1) is 14.0. The van der Waals surface area contributed by atoms with Gasteiger partial charge in [0.25, 0.3) is 5.91 Å². The third-order valence-electron chi connectivity index (χ3n) is 3.76. The van der Waals surface area contributed by atoms with Gasteiger partial charge >= 0.3 is 12.6 Å². The van der Waals surface area contributed by atoms with Crippen LogP contribution in [0.3, 0.4) is 0 Å². The molecule has 0 fully saturated rings. The summed E-state index contributed by atoms with van der Waals surface area (Å²) in [5.41, 5.74) is 1.44. The second-order valence-electron chi connectivity index (χ2n) is 5.85. The number of hydrogen-bond donors (Lipinski definition) is 1. The monoisotopic (exact) mass is 401 g/mol. The van der Waals surface area contributed by atoms with E-state index < -0.39 is 31.1 Å². The van der Waals surface area contributed by atoms with E-state index in [2.05, 4.69) is 10.1 Å². The second-order valence-corrected chi connectivity index (χ2v) is 5.85. The Morgan fingerprint density at radius 3 is 2.28 bits per heavy atom. The van der Waals surface area contributed by atoms with Crippen molar-refractivity contribution in [2.75, 3.05) is 6.61 Å². The lowest BCUT2D eigenvalue weighted by molar-refractivity contribution is -0.144. The Kier molecular flexibility index (Phi) is 8.56. The van der Waals surface area contributed by atoms with Crippen molar-refractivity contribution in [1.82, 2.24) is 5.32 Å². The van der Waals surface area contributed by atoms with Crippen LogP contribution in [0.4, 0.5) is 8.78 Å². The number of rotatable bonds is 9. The number of carbonyl (C=O) groups is 2. The minimum Gasteiger partial charge on any atom is -0.452 e. The van der Waals surface area contributed by atoms with Crippen LogP contribution in [0.1, 0.15) is 24.1 Å². The van der Waals surface area contributed by atoms with Gasteiger partial charge < -0.3 is 14.8 Å². The van der Waals surface area contributed by atoms with Gasteiger partial charge in [0.2, 0.25) is 0 Å². The number of benzene rings is 2. The van der Waals surface area contributed by atoms with Crippen molar-refractivity contribution >= 4 is 11.9 Å². The number of amides is 1. The Labute approximate surface area is 167 Å². The molecule has 0 aliphatic rings. The smallest absolute Gasteiger partial charge is 0.387 e. The zero-order chi connectivity index (χ0) is 21.1. The third kappa shape index (κ3) is 7.57. The van der Waals surface area contributed by atoms with Crippen molar-refractivity contribution < 1.29 is 27.8 Å². The standard InChI is InChI=1S/C22H21F2NO4/c1-2-3-5-10-20(27)28-15-19(26)25-21(16-8-6-4-7-9-16)17-11-13-18(14-12-17)29-22(23)24/h2-14,21-22H,15H2,1H3,(H,25,26)/b3-2+,10-5+/t21-/m0/s1. The number of esters is 1. The molecular formula is C22H21F2NO4. The van der Waals surface area contributed by atoms with Crippen LogP contribution >= 0.6 is 0 Å². The minimum absolute atomic E-state index is 0.0173. The molecule has 0 aromatic heterocycles. The molecule has 0 unspecified atom stereocenters. The molecule has 1 N–H and O–H groups in total. The molecule has 2 aromatic rings. The van der Waals surface area contributed by atoms with Crippen molar-refractivity contribution in [2.24, 2.45) is 0 Å². The van der Waals surface area contributed by atoms with Crippen molar-refractivity contribution in [2.45, 2.75) is 19.6 Å². The molecule has 152 valence electrons. The third-order valence-corrected chi connectivity index (χ3v) is 3.76. The molecule has 7 heteroatoms. The number of carbonyl (C=O) groups excluding carboxylic acids is 2. The van der Waals surface area contributed by atoms with Crippen LogP contribution in [0.15, 0.2) is 78.9 Å². The van der Waals surface area contributed by atoms with Gasteiger partial charge in [0.1, 0.15) is 5.75 Å². The number of ether oxygens (including phenoxy) is 2. The molecule has 29 heavy (non-hydrogen) atoms. The average molecular weight is 401 g/mol. The quantitative estimate of drug-likeness (QED) is 0.389. The summed E-state index contributed by atoms with van der Waals surface area (Å²) in [6.07, 6.45) is 6.13. The highest BCUT2D eigenvalue weighted by molar-refractivity contribution is 5.86. The molecule has 5 nitrogen and oxygen atoms in total. The van der Waals surface area contributed by atoms with Crippen LogP contribution in [0.25, 0.3) is 0 Å². The SMILES string of the molecule is C/C=C/C=C/C(=O)OCC(=O)N[C@@H](c1ccccc1)c1ccc(OC(F)F)cc1. The molecule has 1 amide bonds. The summed E-state index contributed by atoms with van der Waals surface area (Å²) in [7, 11) is 0. The number of alkyl halides is 2. The zero-order valence-corrected chi connectivity index (χ0v) is 15.8. The van der Waals surface area contributed by atoms with E-state index in [0.717, 1.165) is 5.56 Å². The molecule has 0 radical (unpaired) electrons. The van der Waals surface area contributed by atoms with Crippen LogP contribution in [0.5, 0.6) is 5.75 Å². The van der Waals surface area contributed by atoms with Gasteiger partial charge in [-0.15, -0.1) is 0 Å². The first kappa shape index (κ1) is 21.8. The van der Waals surface area contributed by atoms with E-state index in [0.29, 0.717) is 5.56 Å². The summed E-state index contributed by atoms with van der Waals surface area (Å²) in [5, 5.41) is 2.79. The van der Waals surface area contributed by atoms with Gasteiger partial charge in [-0.3, -0.25) is 4.79 Å². The van der Waals surface area contributed by atoms with Gasteiger partial charge in [0, 0.05) is 6.08 Å². The van der Waals surface area contributed by atoms with Gasteiger partial charge in [-0.1, -0.05) is 60.7 Å². The van der Waals surface area contributed by atoms with Crippen molar-refractivity contribution in [1.29, 1.82) is 0 Å². The zero-order valence-electron chi connectivity index (χ0n) is 15.8. The number of nitrogens with one attached hydrogen (secondary N) is 1. The van der Waals surface area contributed by atoms with Crippen LogP contribution in [0, 0.1) is 0 Å². The van der Waals surface area contributed by atoms with E-state index in [9.17, 15) is 18.4 Å². The fourth-order valence-corrected chi connectivity index (χ4v) is 2.48. The summed E-state index contributed by atoms with van der Waals surface area (Å²) < 4.78 is 33.9. The average Bonchev–Trinajstić information content (AvgIpc) is 2.72. The Bertz CT molecular complexity index is 849. The topological polar surface area (TPSA) is 64.6 Å². The van der Waals surface area contributed by atoms with Crippen molar-refractivity contribution in [3.63, 3.8) is 0 Å². The maximum absolute atomic E-state index is 12.3.